The Morgan fingerprint density at radius 3 is 2.45 bits per heavy atom. The molecule has 1 aromatic carbocycles. The van der Waals surface area contributed by atoms with Crippen molar-refractivity contribution in [1.82, 2.24) is 10.7 Å². The summed E-state index contributed by atoms with van der Waals surface area (Å²) in [6.07, 6.45) is 2.88. The first kappa shape index (κ1) is 17.7. The number of unbranched alkanes of at least 4 members (excludes halogenated alkanes) is 1. The van der Waals surface area contributed by atoms with E-state index in [4.69, 9.17) is 4.74 Å². The molecule has 0 spiro atoms. The lowest BCUT2D eigenvalue weighted by atomic mass is 10.2. The summed E-state index contributed by atoms with van der Waals surface area (Å²) < 4.78 is 5.05. The number of carbonyl (C=O) groups is 2. The second-order valence-corrected chi connectivity index (χ2v) is 4.92. The average Bonchev–Trinajstić information content (AvgIpc) is 2.55. The number of nitrogens with one attached hydrogen (secondary N) is 2. The number of methoxy groups -OCH3 is 1. The lowest BCUT2D eigenvalue weighted by Crippen LogP contribution is -2.37. The Kier molecular flexibility index (Phi) is 7.67. The van der Waals surface area contributed by atoms with Crippen LogP contribution in [0.15, 0.2) is 29.4 Å². The molecule has 0 radical (unpaired) electrons. The monoisotopic (exact) mass is 305 g/mol. The SMILES string of the molecule is CCCC/C(C)=N/NC(=O)C(=O)NCc1ccc(OC)cc1. The number of hydrazone groups is 1. The van der Waals surface area contributed by atoms with Crippen molar-refractivity contribution in [3.63, 3.8) is 0 Å². The van der Waals surface area contributed by atoms with Gasteiger partial charge >= 0.3 is 11.8 Å². The normalized spacial score (nSPS) is 11.0. The van der Waals surface area contributed by atoms with Crippen molar-refractivity contribution >= 4 is 17.5 Å². The minimum atomic E-state index is -0.760. The van der Waals surface area contributed by atoms with Crippen molar-refractivity contribution in [2.75, 3.05) is 7.11 Å². The zero-order valence-electron chi connectivity index (χ0n) is 13.3. The van der Waals surface area contributed by atoms with E-state index in [0.717, 1.165) is 36.3 Å². The van der Waals surface area contributed by atoms with Crippen LogP contribution in [0.1, 0.15) is 38.7 Å². The summed E-state index contributed by atoms with van der Waals surface area (Å²) in [7, 11) is 1.59. The molecule has 0 unspecified atom stereocenters. The molecule has 0 aliphatic heterocycles. The second kappa shape index (κ2) is 9.55. The fraction of sp³-hybridized carbons (Fsp3) is 0.438. The van der Waals surface area contributed by atoms with Gasteiger partial charge < -0.3 is 10.1 Å². The minimum absolute atomic E-state index is 0.273. The van der Waals surface area contributed by atoms with E-state index in [9.17, 15) is 9.59 Å². The van der Waals surface area contributed by atoms with Gasteiger partial charge in [-0.2, -0.15) is 5.10 Å². The molecule has 6 nitrogen and oxygen atoms in total. The van der Waals surface area contributed by atoms with Crippen LogP contribution in [-0.2, 0) is 16.1 Å². The highest BCUT2D eigenvalue weighted by molar-refractivity contribution is 6.35. The largest absolute Gasteiger partial charge is 0.497 e. The van der Waals surface area contributed by atoms with Gasteiger partial charge in [0.05, 0.1) is 7.11 Å². The number of nitrogens with zero attached hydrogens (tertiary/aromatic N) is 1. The molecule has 1 aromatic rings. The summed E-state index contributed by atoms with van der Waals surface area (Å²) in [5, 5.41) is 6.44. The van der Waals surface area contributed by atoms with Gasteiger partial charge in [-0.15, -0.1) is 0 Å². The second-order valence-electron chi connectivity index (χ2n) is 4.92. The first-order chi connectivity index (χ1) is 10.6. The third-order valence-corrected chi connectivity index (χ3v) is 3.06. The van der Waals surface area contributed by atoms with E-state index in [0.29, 0.717) is 0 Å². The molecule has 6 heteroatoms. The van der Waals surface area contributed by atoms with Crippen LogP contribution in [0.2, 0.25) is 0 Å². The van der Waals surface area contributed by atoms with E-state index < -0.39 is 11.8 Å². The Bertz CT molecular complexity index is 524. The van der Waals surface area contributed by atoms with Crippen molar-refractivity contribution in [1.29, 1.82) is 0 Å². The molecule has 0 fully saturated rings. The van der Waals surface area contributed by atoms with E-state index >= 15 is 0 Å². The third-order valence-electron chi connectivity index (χ3n) is 3.06. The molecule has 2 amide bonds. The van der Waals surface area contributed by atoms with Crippen molar-refractivity contribution in [2.45, 2.75) is 39.7 Å². The van der Waals surface area contributed by atoms with E-state index in [-0.39, 0.29) is 6.54 Å². The maximum atomic E-state index is 11.6. The highest BCUT2D eigenvalue weighted by atomic mass is 16.5. The Morgan fingerprint density at radius 1 is 1.18 bits per heavy atom. The van der Waals surface area contributed by atoms with Crippen LogP contribution < -0.4 is 15.5 Å². The summed E-state index contributed by atoms with van der Waals surface area (Å²) in [6.45, 7) is 4.18. The third kappa shape index (κ3) is 6.39. The predicted octanol–water partition coefficient (Wildman–Crippen LogP) is 1.99. The van der Waals surface area contributed by atoms with Crippen molar-refractivity contribution in [2.24, 2.45) is 5.10 Å². The number of benzene rings is 1. The Labute approximate surface area is 130 Å². The van der Waals surface area contributed by atoms with Gasteiger partial charge in [0.15, 0.2) is 0 Å². The van der Waals surface area contributed by atoms with Crippen molar-refractivity contribution in [3.05, 3.63) is 29.8 Å². The average molecular weight is 305 g/mol. The lowest BCUT2D eigenvalue weighted by Gasteiger charge is -2.06. The molecule has 0 aliphatic carbocycles. The highest BCUT2D eigenvalue weighted by Gasteiger charge is 2.12. The first-order valence-corrected chi connectivity index (χ1v) is 7.31. The standard InChI is InChI=1S/C16H23N3O3/c1-4-5-6-12(2)18-19-16(21)15(20)17-11-13-7-9-14(22-3)10-8-13/h7-10H,4-6,11H2,1-3H3,(H,17,20)(H,19,21)/b18-12+. The highest BCUT2D eigenvalue weighted by Crippen LogP contribution is 2.10. The Morgan fingerprint density at radius 2 is 1.86 bits per heavy atom. The van der Waals surface area contributed by atoms with Crippen LogP contribution in [0.3, 0.4) is 0 Å². The number of rotatable bonds is 7. The summed E-state index contributed by atoms with van der Waals surface area (Å²) in [4.78, 5) is 23.2. The molecule has 0 saturated heterocycles. The summed E-state index contributed by atoms with van der Waals surface area (Å²) in [5.41, 5.74) is 3.95. The molecule has 2 N–H and O–H groups in total. The topological polar surface area (TPSA) is 79.8 Å². The molecular formula is C16H23N3O3. The maximum Gasteiger partial charge on any atom is 0.329 e. The molecule has 0 aliphatic rings. The molecule has 0 bridgehead atoms. The van der Waals surface area contributed by atoms with Gasteiger partial charge in [0.1, 0.15) is 5.75 Å². The summed E-state index contributed by atoms with van der Waals surface area (Å²) in [6, 6.07) is 7.24. The van der Waals surface area contributed by atoms with Gasteiger partial charge in [0.2, 0.25) is 0 Å². The smallest absolute Gasteiger partial charge is 0.329 e. The molecular weight excluding hydrogens is 282 g/mol. The van der Waals surface area contributed by atoms with E-state index in [1.54, 1.807) is 19.2 Å². The zero-order chi connectivity index (χ0) is 16.4. The van der Waals surface area contributed by atoms with E-state index in [2.05, 4.69) is 22.8 Å². The number of hydrogen-bond donors (Lipinski definition) is 2. The molecule has 120 valence electrons. The fourth-order valence-corrected chi connectivity index (χ4v) is 1.69. The Balaban J connectivity index is 2.39. The van der Waals surface area contributed by atoms with Gasteiger partial charge in [0, 0.05) is 12.3 Å². The number of amides is 2. The van der Waals surface area contributed by atoms with Gasteiger partial charge in [-0.1, -0.05) is 25.5 Å². The number of carbonyl (C=O) groups excluding carboxylic acids is 2. The van der Waals surface area contributed by atoms with Gasteiger partial charge in [-0.25, -0.2) is 5.43 Å². The predicted molar refractivity (Wildman–Crippen MR) is 85.6 cm³/mol. The van der Waals surface area contributed by atoms with Crippen LogP contribution in [0.5, 0.6) is 5.75 Å². The summed E-state index contributed by atoms with van der Waals surface area (Å²) >= 11 is 0. The number of hydrogen-bond acceptors (Lipinski definition) is 4. The van der Waals surface area contributed by atoms with Crippen molar-refractivity contribution in [3.8, 4) is 5.75 Å². The van der Waals surface area contributed by atoms with Gasteiger partial charge in [0.25, 0.3) is 0 Å². The van der Waals surface area contributed by atoms with E-state index in [1.807, 2.05) is 19.1 Å². The molecule has 0 atom stereocenters. The van der Waals surface area contributed by atoms with E-state index in [1.165, 1.54) is 0 Å². The van der Waals surface area contributed by atoms with Crippen LogP contribution >= 0.6 is 0 Å². The number of ether oxygens (including phenoxy) is 1. The van der Waals surface area contributed by atoms with Gasteiger partial charge in [-0.05, 0) is 37.5 Å². The summed E-state index contributed by atoms with van der Waals surface area (Å²) in [5.74, 6) is -0.725. The molecule has 0 saturated carbocycles. The first-order valence-electron chi connectivity index (χ1n) is 7.31. The van der Waals surface area contributed by atoms with Crippen molar-refractivity contribution < 1.29 is 14.3 Å². The minimum Gasteiger partial charge on any atom is -0.497 e. The van der Waals surface area contributed by atoms with Crippen LogP contribution in [0, 0.1) is 0 Å². The fourth-order valence-electron chi connectivity index (χ4n) is 1.69. The zero-order valence-corrected chi connectivity index (χ0v) is 13.3. The van der Waals surface area contributed by atoms with Crippen LogP contribution in [0.25, 0.3) is 0 Å². The lowest BCUT2D eigenvalue weighted by molar-refractivity contribution is -0.139. The maximum absolute atomic E-state index is 11.6. The molecule has 0 aromatic heterocycles. The van der Waals surface area contributed by atoms with Crippen LogP contribution in [0.4, 0.5) is 0 Å². The molecule has 0 heterocycles. The van der Waals surface area contributed by atoms with Crippen LogP contribution in [-0.4, -0.2) is 24.6 Å². The molecule has 22 heavy (non-hydrogen) atoms. The molecule has 1 rings (SSSR count). The Hall–Kier alpha value is -2.37. The quantitative estimate of drug-likeness (QED) is 0.459. The van der Waals surface area contributed by atoms with Gasteiger partial charge in [-0.3, -0.25) is 9.59 Å².